The SMILES string of the molecule is Cc1cccc(OCC(=O)NCc2nn(C)c(=O)c3ccccc23)c1. The van der Waals surface area contributed by atoms with Crippen molar-refractivity contribution in [3.8, 4) is 5.75 Å². The van der Waals surface area contributed by atoms with Gasteiger partial charge < -0.3 is 10.1 Å². The van der Waals surface area contributed by atoms with Crippen LogP contribution in [0.4, 0.5) is 0 Å². The topological polar surface area (TPSA) is 73.2 Å². The summed E-state index contributed by atoms with van der Waals surface area (Å²) in [6, 6.07) is 14.8. The van der Waals surface area contributed by atoms with Gasteiger partial charge in [0.15, 0.2) is 6.61 Å². The molecule has 6 heteroatoms. The molecule has 128 valence electrons. The summed E-state index contributed by atoms with van der Waals surface area (Å²) < 4.78 is 6.76. The van der Waals surface area contributed by atoms with Gasteiger partial charge in [-0.2, -0.15) is 5.10 Å². The summed E-state index contributed by atoms with van der Waals surface area (Å²) in [7, 11) is 1.60. The quantitative estimate of drug-likeness (QED) is 0.772. The van der Waals surface area contributed by atoms with Crippen LogP contribution in [0.2, 0.25) is 0 Å². The monoisotopic (exact) mass is 337 g/mol. The zero-order chi connectivity index (χ0) is 17.8. The Morgan fingerprint density at radius 3 is 2.68 bits per heavy atom. The number of aromatic nitrogens is 2. The van der Waals surface area contributed by atoms with Crippen LogP contribution in [0.1, 0.15) is 11.3 Å². The Kier molecular flexibility index (Phi) is 4.79. The van der Waals surface area contributed by atoms with E-state index < -0.39 is 0 Å². The zero-order valence-corrected chi connectivity index (χ0v) is 14.2. The van der Waals surface area contributed by atoms with Crippen LogP contribution < -0.4 is 15.6 Å². The van der Waals surface area contributed by atoms with Gasteiger partial charge in [-0.05, 0) is 30.7 Å². The Morgan fingerprint density at radius 1 is 1.16 bits per heavy atom. The molecule has 1 amide bonds. The van der Waals surface area contributed by atoms with Crippen LogP contribution in [-0.2, 0) is 18.4 Å². The van der Waals surface area contributed by atoms with E-state index >= 15 is 0 Å². The number of nitrogens with zero attached hydrogens (tertiary/aromatic N) is 2. The van der Waals surface area contributed by atoms with E-state index in [4.69, 9.17) is 4.74 Å². The molecular weight excluding hydrogens is 318 g/mol. The Bertz CT molecular complexity index is 979. The van der Waals surface area contributed by atoms with Crippen molar-refractivity contribution in [2.45, 2.75) is 13.5 Å². The highest BCUT2D eigenvalue weighted by Crippen LogP contribution is 2.13. The van der Waals surface area contributed by atoms with Crippen molar-refractivity contribution in [2.75, 3.05) is 6.61 Å². The van der Waals surface area contributed by atoms with Crippen molar-refractivity contribution in [2.24, 2.45) is 7.05 Å². The first-order valence-corrected chi connectivity index (χ1v) is 7.95. The fourth-order valence-electron chi connectivity index (χ4n) is 2.59. The van der Waals surface area contributed by atoms with E-state index in [-0.39, 0.29) is 24.6 Å². The highest BCUT2D eigenvalue weighted by molar-refractivity contribution is 5.84. The largest absolute Gasteiger partial charge is 0.484 e. The summed E-state index contributed by atoms with van der Waals surface area (Å²) in [6.07, 6.45) is 0. The standard InChI is InChI=1S/C19H19N3O3/c1-13-6-5-7-14(10-13)25-12-18(23)20-11-17-15-8-3-4-9-16(15)19(24)22(2)21-17/h3-10H,11-12H2,1-2H3,(H,20,23). The van der Waals surface area contributed by atoms with Crippen molar-refractivity contribution in [3.63, 3.8) is 0 Å². The second kappa shape index (κ2) is 7.17. The van der Waals surface area contributed by atoms with Gasteiger partial charge in [0.05, 0.1) is 17.6 Å². The first-order chi connectivity index (χ1) is 12.0. The summed E-state index contributed by atoms with van der Waals surface area (Å²) in [4.78, 5) is 24.1. The number of fused-ring (bicyclic) bond motifs is 1. The molecule has 25 heavy (non-hydrogen) atoms. The molecule has 0 saturated carbocycles. The average molecular weight is 337 g/mol. The van der Waals surface area contributed by atoms with E-state index in [1.165, 1.54) is 4.68 Å². The van der Waals surface area contributed by atoms with Gasteiger partial charge in [0.1, 0.15) is 5.75 Å². The van der Waals surface area contributed by atoms with Gasteiger partial charge in [-0.15, -0.1) is 0 Å². The minimum absolute atomic E-state index is 0.0762. The molecule has 1 heterocycles. The number of carbonyl (C=O) groups excluding carboxylic acids is 1. The third kappa shape index (κ3) is 3.85. The van der Waals surface area contributed by atoms with E-state index in [2.05, 4.69) is 10.4 Å². The van der Waals surface area contributed by atoms with E-state index in [0.717, 1.165) is 10.9 Å². The molecule has 6 nitrogen and oxygen atoms in total. The number of nitrogens with one attached hydrogen (secondary N) is 1. The van der Waals surface area contributed by atoms with Crippen LogP contribution in [0.15, 0.2) is 53.3 Å². The van der Waals surface area contributed by atoms with Crippen molar-refractivity contribution >= 4 is 16.7 Å². The normalized spacial score (nSPS) is 10.6. The first-order valence-electron chi connectivity index (χ1n) is 7.95. The molecule has 3 rings (SSSR count). The highest BCUT2D eigenvalue weighted by Gasteiger charge is 2.10. The van der Waals surface area contributed by atoms with E-state index in [9.17, 15) is 9.59 Å². The predicted molar refractivity (Wildman–Crippen MR) is 95.5 cm³/mol. The smallest absolute Gasteiger partial charge is 0.274 e. The van der Waals surface area contributed by atoms with Gasteiger partial charge in [-0.1, -0.05) is 30.3 Å². The lowest BCUT2D eigenvalue weighted by molar-refractivity contribution is -0.123. The fourth-order valence-corrected chi connectivity index (χ4v) is 2.59. The van der Waals surface area contributed by atoms with Gasteiger partial charge in [0, 0.05) is 12.4 Å². The molecule has 0 unspecified atom stereocenters. The van der Waals surface area contributed by atoms with Gasteiger partial charge in [0.2, 0.25) is 0 Å². The second-order valence-corrected chi connectivity index (χ2v) is 5.80. The number of benzene rings is 2. The lowest BCUT2D eigenvalue weighted by atomic mass is 10.1. The van der Waals surface area contributed by atoms with E-state index in [0.29, 0.717) is 16.8 Å². The van der Waals surface area contributed by atoms with Crippen LogP contribution in [-0.4, -0.2) is 22.3 Å². The maximum absolute atomic E-state index is 12.1. The third-order valence-electron chi connectivity index (χ3n) is 3.85. The third-order valence-corrected chi connectivity index (χ3v) is 3.85. The molecule has 0 spiro atoms. The van der Waals surface area contributed by atoms with Crippen LogP contribution in [0, 0.1) is 6.92 Å². The molecule has 0 aliphatic rings. The molecule has 0 radical (unpaired) electrons. The highest BCUT2D eigenvalue weighted by atomic mass is 16.5. The summed E-state index contributed by atoms with van der Waals surface area (Å²) in [5, 5.41) is 8.36. The maximum atomic E-state index is 12.1. The molecule has 0 saturated heterocycles. The molecule has 0 aliphatic heterocycles. The van der Waals surface area contributed by atoms with Crippen molar-refractivity contribution in [3.05, 3.63) is 70.1 Å². The summed E-state index contributed by atoms with van der Waals surface area (Å²) in [6.45, 7) is 2.11. The summed E-state index contributed by atoms with van der Waals surface area (Å²) in [5.41, 5.74) is 1.55. The first kappa shape index (κ1) is 16.7. The second-order valence-electron chi connectivity index (χ2n) is 5.80. The molecule has 0 aliphatic carbocycles. The van der Waals surface area contributed by atoms with Crippen molar-refractivity contribution < 1.29 is 9.53 Å². The summed E-state index contributed by atoms with van der Waals surface area (Å²) >= 11 is 0. The Balaban J connectivity index is 1.67. The molecular formula is C19H19N3O3. The summed E-state index contributed by atoms with van der Waals surface area (Å²) in [5.74, 6) is 0.405. The van der Waals surface area contributed by atoms with Gasteiger partial charge in [-0.3, -0.25) is 9.59 Å². The fraction of sp³-hybridized carbons (Fsp3) is 0.211. The number of hydrogen-bond donors (Lipinski definition) is 1. The van der Waals surface area contributed by atoms with E-state index in [1.807, 2.05) is 49.4 Å². The van der Waals surface area contributed by atoms with Crippen LogP contribution >= 0.6 is 0 Å². The van der Waals surface area contributed by atoms with Crippen molar-refractivity contribution in [1.29, 1.82) is 0 Å². The number of ether oxygens (including phenoxy) is 1. The number of rotatable bonds is 5. The average Bonchev–Trinajstić information content (AvgIpc) is 2.62. The maximum Gasteiger partial charge on any atom is 0.274 e. The molecule has 0 atom stereocenters. The number of amides is 1. The molecule has 0 bridgehead atoms. The lowest BCUT2D eigenvalue weighted by Gasteiger charge is -2.10. The number of aryl methyl sites for hydroxylation is 2. The van der Waals surface area contributed by atoms with Gasteiger partial charge in [-0.25, -0.2) is 4.68 Å². The minimum atomic E-state index is -0.249. The zero-order valence-electron chi connectivity index (χ0n) is 14.2. The van der Waals surface area contributed by atoms with Crippen molar-refractivity contribution in [1.82, 2.24) is 15.1 Å². The molecule has 1 N–H and O–H groups in total. The number of carbonyl (C=O) groups is 1. The molecule has 1 aromatic heterocycles. The minimum Gasteiger partial charge on any atom is -0.484 e. The molecule has 2 aromatic carbocycles. The Labute approximate surface area is 145 Å². The van der Waals surface area contributed by atoms with Crippen LogP contribution in [0.3, 0.4) is 0 Å². The molecule has 3 aromatic rings. The predicted octanol–water partition coefficient (Wildman–Crippen LogP) is 1.94. The lowest BCUT2D eigenvalue weighted by Crippen LogP contribution is -2.30. The van der Waals surface area contributed by atoms with Gasteiger partial charge >= 0.3 is 0 Å². The Hall–Kier alpha value is -3.15. The molecule has 0 fully saturated rings. The van der Waals surface area contributed by atoms with Gasteiger partial charge in [0.25, 0.3) is 11.5 Å². The number of hydrogen-bond acceptors (Lipinski definition) is 4. The van der Waals surface area contributed by atoms with Crippen LogP contribution in [0.5, 0.6) is 5.75 Å². The Morgan fingerprint density at radius 2 is 1.92 bits per heavy atom. The van der Waals surface area contributed by atoms with Crippen LogP contribution in [0.25, 0.3) is 10.8 Å². The van der Waals surface area contributed by atoms with E-state index in [1.54, 1.807) is 13.1 Å².